The number of aliphatic hydroxyl groups excluding tert-OH is 2. The summed E-state index contributed by atoms with van der Waals surface area (Å²) >= 11 is 0. The first-order chi connectivity index (χ1) is 18.1. The molecule has 8 nitrogen and oxygen atoms in total. The molecule has 9 heteroatoms. The normalized spacial score (nSPS) is 12.9. The number of rotatable bonds is 12. The molecule has 1 aromatic heterocycles. The second-order valence-electron chi connectivity index (χ2n) is 8.93. The molecule has 1 amide bonds. The number of carbonyl (C=O) groups is 2. The standard InChI is InChI=1S/C29H33FN2O6/c1-4-32-25(14-11-22(33)15-23(34)16-26(35)36)27(20-7-9-21(30)10-8-20)18(2)28(32)29(37)31-17-19-5-12-24(38-3)13-6-19/h5-14,22-23,33-34H,4,15-17H2,1-3H3,(H,31,37)(H,35,36)/t22-,23-/m1/s1. The van der Waals surface area contributed by atoms with Crippen molar-refractivity contribution < 1.29 is 34.0 Å². The minimum atomic E-state index is -1.21. The average Bonchev–Trinajstić information content (AvgIpc) is 3.17. The van der Waals surface area contributed by atoms with Gasteiger partial charge in [0.2, 0.25) is 0 Å². The van der Waals surface area contributed by atoms with Crippen molar-refractivity contribution >= 4 is 18.0 Å². The first-order valence-electron chi connectivity index (χ1n) is 12.3. The maximum atomic E-state index is 13.7. The summed E-state index contributed by atoms with van der Waals surface area (Å²) in [6, 6.07) is 13.3. The molecular formula is C29H33FN2O6. The van der Waals surface area contributed by atoms with E-state index < -0.39 is 30.4 Å². The molecule has 0 saturated heterocycles. The molecule has 1 heterocycles. The zero-order chi connectivity index (χ0) is 27.8. The molecule has 0 unspecified atom stereocenters. The maximum absolute atomic E-state index is 13.7. The third-order valence-electron chi connectivity index (χ3n) is 6.22. The van der Waals surface area contributed by atoms with Crippen molar-refractivity contribution in [3.8, 4) is 16.9 Å². The van der Waals surface area contributed by atoms with E-state index in [4.69, 9.17) is 9.84 Å². The van der Waals surface area contributed by atoms with Gasteiger partial charge in [0, 0.05) is 30.8 Å². The highest BCUT2D eigenvalue weighted by atomic mass is 19.1. The number of carboxylic acid groups (broad SMARTS) is 1. The summed E-state index contributed by atoms with van der Waals surface area (Å²) in [7, 11) is 1.58. The van der Waals surface area contributed by atoms with Gasteiger partial charge in [0.05, 0.1) is 25.7 Å². The van der Waals surface area contributed by atoms with Crippen molar-refractivity contribution in [3.05, 3.63) is 82.9 Å². The Hall–Kier alpha value is -3.95. The lowest BCUT2D eigenvalue weighted by molar-refractivity contribution is -0.139. The summed E-state index contributed by atoms with van der Waals surface area (Å²) in [4.78, 5) is 24.2. The lowest BCUT2D eigenvalue weighted by Gasteiger charge is -2.13. The number of aliphatic hydroxyl groups is 2. The molecule has 202 valence electrons. The van der Waals surface area contributed by atoms with Gasteiger partial charge in [-0.25, -0.2) is 4.39 Å². The van der Waals surface area contributed by atoms with Crippen LogP contribution in [0.4, 0.5) is 4.39 Å². The van der Waals surface area contributed by atoms with E-state index in [0.717, 1.165) is 5.56 Å². The van der Waals surface area contributed by atoms with Gasteiger partial charge in [0.25, 0.3) is 5.91 Å². The van der Waals surface area contributed by atoms with E-state index in [-0.39, 0.29) is 12.3 Å². The number of hydrogen-bond acceptors (Lipinski definition) is 5. The summed E-state index contributed by atoms with van der Waals surface area (Å²) in [5.41, 5.74) is 4.04. The Morgan fingerprint density at radius 2 is 1.76 bits per heavy atom. The molecule has 0 aliphatic carbocycles. The number of carbonyl (C=O) groups excluding carboxylic acids is 1. The molecule has 0 fully saturated rings. The van der Waals surface area contributed by atoms with E-state index in [1.165, 1.54) is 18.2 Å². The van der Waals surface area contributed by atoms with Crippen molar-refractivity contribution in [2.45, 2.75) is 52.0 Å². The van der Waals surface area contributed by atoms with Gasteiger partial charge in [-0.1, -0.05) is 30.3 Å². The fourth-order valence-corrected chi connectivity index (χ4v) is 4.40. The van der Waals surface area contributed by atoms with E-state index in [9.17, 15) is 24.2 Å². The summed E-state index contributed by atoms with van der Waals surface area (Å²) in [6.07, 6.45) is 0.150. The minimum Gasteiger partial charge on any atom is -0.497 e. The molecule has 0 bridgehead atoms. The van der Waals surface area contributed by atoms with Gasteiger partial charge in [-0.15, -0.1) is 0 Å². The van der Waals surface area contributed by atoms with E-state index in [1.807, 2.05) is 42.7 Å². The molecule has 0 radical (unpaired) electrons. The van der Waals surface area contributed by atoms with Crippen LogP contribution in [0.3, 0.4) is 0 Å². The monoisotopic (exact) mass is 524 g/mol. The first-order valence-corrected chi connectivity index (χ1v) is 12.3. The van der Waals surface area contributed by atoms with Crippen molar-refractivity contribution in [1.29, 1.82) is 0 Å². The van der Waals surface area contributed by atoms with Gasteiger partial charge in [-0.2, -0.15) is 0 Å². The van der Waals surface area contributed by atoms with Gasteiger partial charge >= 0.3 is 5.97 Å². The topological polar surface area (TPSA) is 121 Å². The van der Waals surface area contributed by atoms with Crippen LogP contribution in [0.25, 0.3) is 17.2 Å². The number of nitrogens with one attached hydrogen (secondary N) is 1. The molecule has 3 rings (SSSR count). The molecule has 0 aliphatic heterocycles. The van der Waals surface area contributed by atoms with E-state index >= 15 is 0 Å². The van der Waals surface area contributed by atoms with Crippen LogP contribution >= 0.6 is 0 Å². The Bertz CT molecular complexity index is 1280. The largest absolute Gasteiger partial charge is 0.497 e. The second-order valence-corrected chi connectivity index (χ2v) is 8.93. The highest BCUT2D eigenvalue weighted by molar-refractivity contribution is 5.98. The van der Waals surface area contributed by atoms with Crippen LogP contribution < -0.4 is 10.1 Å². The highest BCUT2D eigenvalue weighted by Crippen LogP contribution is 2.34. The molecule has 0 aliphatic rings. The maximum Gasteiger partial charge on any atom is 0.305 e. The zero-order valence-corrected chi connectivity index (χ0v) is 21.6. The van der Waals surface area contributed by atoms with Gasteiger partial charge in [0.1, 0.15) is 17.3 Å². The fraction of sp³-hybridized carbons (Fsp3) is 0.310. The van der Waals surface area contributed by atoms with Gasteiger partial charge in [0.15, 0.2) is 0 Å². The third-order valence-corrected chi connectivity index (χ3v) is 6.22. The van der Waals surface area contributed by atoms with E-state index in [0.29, 0.717) is 46.9 Å². The predicted octanol–water partition coefficient (Wildman–Crippen LogP) is 4.16. The van der Waals surface area contributed by atoms with Crippen LogP contribution in [0.5, 0.6) is 5.75 Å². The fourth-order valence-electron chi connectivity index (χ4n) is 4.40. The number of amides is 1. The number of ether oxygens (including phenoxy) is 1. The number of aromatic nitrogens is 1. The van der Waals surface area contributed by atoms with Crippen molar-refractivity contribution in [2.75, 3.05) is 7.11 Å². The quantitative estimate of drug-likeness (QED) is 0.282. The molecule has 4 N–H and O–H groups in total. The second kappa shape index (κ2) is 13.0. The number of hydrogen-bond donors (Lipinski definition) is 4. The van der Waals surface area contributed by atoms with Crippen LogP contribution in [0.1, 0.15) is 47.1 Å². The van der Waals surface area contributed by atoms with Crippen molar-refractivity contribution in [1.82, 2.24) is 9.88 Å². The number of benzene rings is 2. The number of methoxy groups -OCH3 is 1. The highest BCUT2D eigenvalue weighted by Gasteiger charge is 2.24. The Morgan fingerprint density at radius 1 is 1.11 bits per heavy atom. The van der Waals surface area contributed by atoms with Crippen LogP contribution in [0, 0.1) is 12.7 Å². The summed E-state index contributed by atoms with van der Waals surface area (Å²) in [5.74, 6) is -1.12. The molecule has 3 aromatic rings. The minimum absolute atomic E-state index is 0.157. The smallest absolute Gasteiger partial charge is 0.305 e. The van der Waals surface area contributed by atoms with Crippen LogP contribution in [0.15, 0.2) is 54.6 Å². The molecule has 0 saturated carbocycles. The SMILES string of the molecule is CCn1c(C=C[C@@H](O)C[C@@H](O)CC(=O)O)c(-c2ccc(F)cc2)c(C)c1C(=O)NCc1ccc(OC)cc1. The Morgan fingerprint density at radius 3 is 2.34 bits per heavy atom. The van der Waals surface area contributed by atoms with E-state index in [1.54, 1.807) is 25.3 Å². The Kier molecular flexibility index (Phi) is 9.81. The zero-order valence-electron chi connectivity index (χ0n) is 21.6. The van der Waals surface area contributed by atoms with Crippen molar-refractivity contribution in [2.24, 2.45) is 0 Å². The summed E-state index contributed by atoms with van der Waals surface area (Å²) < 4.78 is 20.7. The lowest BCUT2D eigenvalue weighted by Crippen LogP contribution is -2.26. The number of halogens is 1. The van der Waals surface area contributed by atoms with E-state index in [2.05, 4.69) is 5.32 Å². The predicted molar refractivity (Wildman–Crippen MR) is 142 cm³/mol. The van der Waals surface area contributed by atoms with Crippen LogP contribution in [-0.2, 0) is 17.9 Å². The van der Waals surface area contributed by atoms with Gasteiger partial charge < -0.3 is 29.9 Å². The molecule has 38 heavy (non-hydrogen) atoms. The summed E-state index contributed by atoms with van der Waals surface area (Å²) in [5, 5.41) is 32.1. The first kappa shape index (κ1) is 28.6. The molecular weight excluding hydrogens is 491 g/mol. The van der Waals surface area contributed by atoms with Crippen LogP contribution in [-0.4, -0.2) is 51.1 Å². The van der Waals surface area contributed by atoms with Crippen LogP contribution in [0.2, 0.25) is 0 Å². The Labute approximate surface area is 221 Å². The van der Waals surface area contributed by atoms with Crippen molar-refractivity contribution in [3.63, 3.8) is 0 Å². The summed E-state index contributed by atoms with van der Waals surface area (Å²) in [6.45, 7) is 4.44. The third kappa shape index (κ3) is 7.08. The molecule has 2 atom stereocenters. The van der Waals surface area contributed by atoms with Gasteiger partial charge in [-0.3, -0.25) is 9.59 Å². The molecule has 0 spiro atoms. The average molecular weight is 525 g/mol. The number of nitrogens with zero attached hydrogens (tertiary/aromatic N) is 1. The Balaban J connectivity index is 1.96. The van der Waals surface area contributed by atoms with Gasteiger partial charge in [-0.05, 0) is 60.9 Å². The number of carboxylic acids is 1. The molecule has 2 aromatic carbocycles. The number of aliphatic carboxylic acids is 1. The lowest BCUT2D eigenvalue weighted by atomic mass is 10.00.